The first-order valence-electron chi connectivity index (χ1n) is 6.95. The van der Waals surface area contributed by atoms with Crippen molar-refractivity contribution in [2.45, 2.75) is 19.1 Å². The highest BCUT2D eigenvalue weighted by atomic mass is 16.1. The summed E-state index contributed by atoms with van der Waals surface area (Å²) in [4.78, 5) is 15.7. The summed E-state index contributed by atoms with van der Waals surface area (Å²) in [5.41, 5.74) is 1.32. The van der Waals surface area contributed by atoms with E-state index in [0.717, 1.165) is 26.0 Å². The maximum Gasteiger partial charge on any atom is 0.210 e. The Morgan fingerprint density at radius 1 is 1.32 bits per heavy atom. The van der Waals surface area contributed by atoms with E-state index in [1.807, 2.05) is 17.0 Å². The maximum absolute atomic E-state index is 11.3. The van der Waals surface area contributed by atoms with Crippen molar-refractivity contribution in [3.63, 3.8) is 0 Å². The molecule has 2 heterocycles. The Morgan fingerprint density at radius 2 is 2.11 bits per heavy atom. The molecule has 19 heavy (non-hydrogen) atoms. The van der Waals surface area contributed by atoms with Crippen LogP contribution >= 0.6 is 0 Å². The Kier molecular flexibility index (Phi) is 3.38. The number of carbonyl (C=O) groups excluding carboxylic acids is 1. The van der Waals surface area contributed by atoms with Crippen molar-refractivity contribution < 1.29 is 4.79 Å². The molecule has 0 aliphatic carbocycles. The maximum atomic E-state index is 11.3. The van der Waals surface area contributed by atoms with Gasteiger partial charge >= 0.3 is 0 Å². The van der Waals surface area contributed by atoms with Gasteiger partial charge in [0.1, 0.15) is 0 Å². The molecule has 0 unspecified atom stereocenters. The number of benzene rings is 1. The highest BCUT2D eigenvalue weighted by molar-refractivity contribution is 5.49. The van der Waals surface area contributed by atoms with Gasteiger partial charge < -0.3 is 4.90 Å². The first kappa shape index (κ1) is 12.4. The summed E-state index contributed by atoms with van der Waals surface area (Å²) >= 11 is 0. The minimum atomic E-state index is 0.265. The van der Waals surface area contributed by atoms with Gasteiger partial charge in [-0.25, -0.2) is 0 Å². The van der Waals surface area contributed by atoms with Gasteiger partial charge in [0.15, 0.2) is 0 Å². The van der Waals surface area contributed by atoms with Crippen LogP contribution in [0.4, 0.5) is 0 Å². The zero-order chi connectivity index (χ0) is 13.2. The van der Waals surface area contributed by atoms with Crippen LogP contribution in [0.3, 0.4) is 0 Å². The third kappa shape index (κ3) is 2.19. The van der Waals surface area contributed by atoms with E-state index in [2.05, 4.69) is 35.7 Å². The number of fused-ring (bicyclic) bond motifs is 1. The molecule has 0 radical (unpaired) electrons. The average Bonchev–Trinajstić information content (AvgIpc) is 3.01. The number of carbonyl (C=O) groups is 1. The summed E-state index contributed by atoms with van der Waals surface area (Å²) < 4.78 is 0. The molecule has 2 aliphatic rings. The topological polar surface area (TPSA) is 23.6 Å². The Hall–Kier alpha value is -1.61. The van der Waals surface area contributed by atoms with Gasteiger partial charge in [-0.15, -0.1) is 6.58 Å². The van der Waals surface area contributed by atoms with Gasteiger partial charge in [0.25, 0.3) is 0 Å². The first-order chi connectivity index (χ1) is 9.33. The zero-order valence-corrected chi connectivity index (χ0v) is 11.1. The second-order valence-corrected chi connectivity index (χ2v) is 5.52. The minimum Gasteiger partial charge on any atom is -0.329 e. The van der Waals surface area contributed by atoms with Gasteiger partial charge in [0.2, 0.25) is 6.41 Å². The number of amides is 1. The zero-order valence-electron chi connectivity index (χ0n) is 11.1. The molecule has 2 saturated heterocycles. The molecular formula is C16H20N2O. The van der Waals surface area contributed by atoms with E-state index in [1.54, 1.807) is 0 Å². The van der Waals surface area contributed by atoms with Gasteiger partial charge in [0, 0.05) is 31.5 Å². The van der Waals surface area contributed by atoms with E-state index < -0.39 is 0 Å². The summed E-state index contributed by atoms with van der Waals surface area (Å²) in [5, 5.41) is 0. The van der Waals surface area contributed by atoms with Crippen molar-refractivity contribution in [3.05, 3.63) is 48.6 Å². The van der Waals surface area contributed by atoms with E-state index in [0.29, 0.717) is 11.8 Å². The highest BCUT2D eigenvalue weighted by Crippen LogP contribution is 2.39. The molecule has 1 aromatic rings. The van der Waals surface area contributed by atoms with Gasteiger partial charge in [-0.05, 0) is 12.0 Å². The molecule has 100 valence electrons. The van der Waals surface area contributed by atoms with E-state index in [1.165, 1.54) is 12.0 Å². The van der Waals surface area contributed by atoms with Crippen LogP contribution in [0.15, 0.2) is 43.0 Å². The Balaban J connectivity index is 1.77. The number of hydrogen-bond donors (Lipinski definition) is 0. The van der Waals surface area contributed by atoms with E-state index >= 15 is 0 Å². The van der Waals surface area contributed by atoms with Crippen LogP contribution in [-0.2, 0) is 11.3 Å². The van der Waals surface area contributed by atoms with Crippen LogP contribution in [0.25, 0.3) is 0 Å². The molecule has 2 fully saturated rings. The molecule has 3 atom stereocenters. The lowest BCUT2D eigenvalue weighted by Crippen LogP contribution is -2.41. The first-order valence-corrected chi connectivity index (χ1v) is 6.95. The summed E-state index contributed by atoms with van der Waals surface area (Å²) in [6.07, 6.45) is 4.46. The van der Waals surface area contributed by atoms with Crippen molar-refractivity contribution in [1.82, 2.24) is 9.80 Å². The van der Waals surface area contributed by atoms with Crippen LogP contribution in [0.1, 0.15) is 12.0 Å². The molecule has 0 aromatic heterocycles. The van der Waals surface area contributed by atoms with Crippen molar-refractivity contribution in [2.75, 3.05) is 13.1 Å². The molecule has 3 rings (SSSR count). The SMILES string of the molecule is C=C[C@H]1CN(C=O)[C@@H]2[C@H]1CCN2Cc1ccccc1. The fourth-order valence-electron chi connectivity index (χ4n) is 3.59. The molecule has 0 saturated carbocycles. The number of hydrogen-bond acceptors (Lipinski definition) is 2. The fourth-order valence-corrected chi connectivity index (χ4v) is 3.59. The Labute approximate surface area is 114 Å². The molecule has 3 nitrogen and oxygen atoms in total. The lowest BCUT2D eigenvalue weighted by atomic mass is 9.94. The summed E-state index contributed by atoms with van der Waals surface area (Å²) in [7, 11) is 0. The average molecular weight is 256 g/mol. The monoisotopic (exact) mass is 256 g/mol. The Morgan fingerprint density at radius 3 is 2.79 bits per heavy atom. The minimum absolute atomic E-state index is 0.265. The third-order valence-electron chi connectivity index (χ3n) is 4.48. The summed E-state index contributed by atoms with van der Waals surface area (Å²) in [6.45, 7) is 6.74. The molecule has 0 N–H and O–H groups in total. The normalized spacial score (nSPS) is 30.3. The van der Waals surface area contributed by atoms with Crippen LogP contribution in [0, 0.1) is 11.8 Å². The third-order valence-corrected chi connectivity index (χ3v) is 4.48. The van der Waals surface area contributed by atoms with E-state index in [4.69, 9.17) is 0 Å². The summed E-state index contributed by atoms with van der Waals surface area (Å²) in [5.74, 6) is 1.02. The van der Waals surface area contributed by atoms with Crippen molar-refractivity contribution in [1.29, 1.82) is 0 Å². The molecule has 2 aliphatic heterocycles. The molecular weight excluding hydrogens is 236 g/mol. The lowest BCUT2D eigenvalue weighted by molar-refractivity contribution is -0.121. The van der Waals surface area contributed by atoms with Gasteiger partial charge in [-0.3, -0.25) is 9.69 Å². The standard InChI is InChI=1S/C16H20N2O/c1-2-14-11-18(12-19)16-15(14)8-9-17(16)10-13-6-4-3-5-7-13/h2-7,12,14-16H,1,8-11H2/t14-,15-,16+/m0/s1. The number of rotatable bonds is 4. The molecule has 1 amide bonds. The Bertz CT molecular complexity index is 459. The van der Waals surface area contributed by atoms with E-state index in [9.17, 15) is 4.79 Å². The van der Waals surface area contributed by atoms with Gasteiger partial charge in [0.05, 0.1) is 6.17 Å². The molecule has 3 heteroatoms. The molecule has 1 aromatic carbocycles. The van der Waals surface area contributed by atoms with Gasteiger partial charge in [-0.2, -0.15) is 0 Å². The predicted octanol–water partition coefficient (Wildman–Crippen LogP) is 2.11. The highest BCUT2D eigenvalue weighted by Gasteiger charge is 2.46. The lowest BCUT2D eigenvalue weighted by Gasteiger charge is -2.29. The van der Waals surface area contributed by atoms with Gasteiger partial charge in [-0.1, -0.05) is 36.4 Å². The van der Waals surface area contributed by atoms with Crippen molar-refractivity contribution >= 4 is 6.41 Å². The van der Waals surface area contributed by atoms with Crippen LogP contribution in [-0.4, -0.2) is 35.5 Å². The van der Waals surface area contributed by atoms with Crippen LogP contribution in [0.5, 0.6) is 0 Å². The fraction of sp³-hybridized carbons (Fsp3) is 0.438. The molecule has 0 spiro atoms. The quantitative estimate of drug-likeness (QED) is 0.608. The second kappa shape index (κ2) is 5.17. The predicted molar refractivity (Wildman–Crippen MR) is 75.2 cm³/mol. The smallest absolute Gasteiger partial charge is 0.210 e. The van der Waals surface area contributed by atoms with Crippen molar-refractivity contribution in [3.8, 4) is 0 Å². The summed E-state index contributed by atoms with van der Waals surface area (Å²) in [6, 6.07) is 10.5. The van der Waals surface area contributed by atoms with Crippen LogP contribution < -0.4 is 0 Å². The number of nitrogens with zero attached hydrogens (tertiary/aromatic N) is 2. The second-order valence-electron chi connectivity index (χ2n) is 5.52. The number of likely N-dealkylation sites (tertiary alicyclic amines) is 2. The molecule has 0 bridgehead atoms. The van der Waals surface area contributed by atoms with Crippen LogP contribution in [0.2, 0.25) is 0 Å². The van der Waals surface area contributed by atoms with E-state index in [-0.39, 0.29) is 6.17 Å². The largest absolute Gasteiger partial charge is 0.329 e. The van der Waals surface area contributed by atoms with Crippen molar-refractivity contribution in [2.24, 2.45) is 11.8 Å².